The molecule has 2 N–H and O–H groups in total. The molecule has 0 radical (unpaired) electrons. The average molecular weight is 176 g/mol. The molecule has 1 fully saturated rings. The van der Waals surface area contributed by atoms with Crippen molar-refractivity contribution in [3.63, 3.8) is 0 Å². The van der Waals surface area contributed by atoms with Crippen LogP contribution in [0.1, 0.15) is 20.3 Å². The molecule has 0 aliphatic carbocycles. The van der Waals surface area contributed by atoms with Crippen LogP contribution in [0.5, 0.6) is 0 Å². The molecule has 1 saturated heterocycles. The summed E-state index contributed by atoms with van der Waals surface area (Å²) in [4.78, 5) is 0. The summed E-state index contributed by atoms with van der Waals surface area (Å²) in [6.45, 7) is 3.30. The van der Waals surface area contributed by atoms with Gasteiger partial charge in [-0.2, -0.15) is 0 Å². The molecule has 4 heteroatoms. The lowest BCUT2D eigenvalue weighted by Crippen LogP contribution is -2.54. The molecule has 0 unspecified atom stereocenters. The summed E-state index contributed by atoms with van der Waals surface area (Å²) >= 11 is 0. The maximum atomic E-state index is 9.70. The number of hydrogen-bond donors (Lipinski definition) is 2. The zero-order valence-corrected chi connectivity index (χ0v) is 7.65. The van der Waals surface area contributed by atoms with Crippen LogP contribution in [0.2, 0.25) is 0 Å². The van der Waals surface area contributed by atoms with Crippen LogP contribution in [0.15, 0.2) is 0 Å². The van der Waals surface area contributed by atoms with E-state index in [1.54, 1.807) is 13.8 Å². The first kappa shape index (κ1) is 9.92. The minimum atomic E-state index is -1.11. The van der Waals surface area contributed by atoms with Gasteiger partial charge in [0.25, 0.3) is 0 Å². The van der Waals surface area contributed by atoms with Gasteiger partial charge in [0, 0.05) is 13.5 Å². The molecule has 0 aromatic heterocycles. The van der Waals surface area contributed by atoms with Gasteiger partial charge in [0.15, 0.2) is 6.29 Å². The molecule has 1 aliphatic heterocycles. The lowest BCUT2D eigenvalue weighted by atomic mass is 9.89. The minimum Gasteiger partial charge on any atom is -0.387 e. The van der Waals surface area contributed by atoms with E-state index in [4.69, 9.17) is 9.47 Å². The fourth-order valence-corrected chi connectivity index (χ4v) is 1.46. The van der Waals surface area contributed by atoms with Crippen LogP contribution in [-0.4, -0.2) is 41.4 Å². The lowest BCUT2D eigenvalue weighted by Gasteiger charge is -2.41. The Hall–Kier alpha value is -0.160. The van der Waals surface area contributed by atoms with E-state index in [0.717, 1.165) is 0 Å². The van der Waals surface area contributed by atoms with Gasteiger partial charge in [-0.25, -0.2) is 0 Å². The van der Waals surface area contributed by atoms with Crippen LogP contribution in [0.25, 0.3) is 0 Å². The summed E-state index contributed by atoms with van der Waals surface area (Å²) in [6, 6.07) is 0. The molecule has 4 nitrogen and oxygen atoms in total. The Bertz CT molecular complexity index is 157. The first-order chi connectivity index (χ1) is 5.47. The van der Waals surface area contributed by atoms with Gasteiger partial charge in [-0.15, -0.1) is 0 Å². The zero-order valence-electron chi connectivity index (χ0n) is 7.65. The van der Waals surface area contributed by atoms with Gasteiger partial charge >= 0.3 is 0 Å². The third kappa shape index (κ3) is 1.77. The van der Waals surface area contributed by atoms with Crippen LogP contribution < -0.4 is 0 Å². The van der Waals surface area contributed by atoms with Crippen molar-refractivity contribution in [1.82, 2.24) is 0 Å². The summed E-state index contributed by atoms with van der Waals surface area (Å²) < 4.78 is 10.2. The van der Waals surface area contributed by atoms with E-state index in [9.17, 15) is 10.2 Å². The fraction of sp³-hybridized carbons (Fsp3) is 1.00. The van der Waals surface area contributed by atoms with Crippen molar-refractivity contribution in [3.8, 4) is 0 Å². The third-order valence-corrected chi connectivity index (χ3v) is 2.29. The quantitative estimate of drug-likeness (QED) is 0.584. The molecule has 12 heavy (non-hydrogen) atoms. The van der Waals surface area contributed by atoms with E-state index in [0.29, 0.717) is 6.42 Å². The molecule has 0 spiro atoms. The van der Waals surface area contributed by atoms with E-state index in [-0.39, 0.29) is 0 Å². The van der Waals surface area contributed by atoms with Gasteiger partial charge in [0.2, 0.25) is 0 Å². The first-order valence-electron chi connectivity index (χ1n) is 4.06. The summed E-state index contributed by atoms with van der Waals surface area (Å²) in [5.74, 6) is 0. The van der Waals surface area contributed by atoms with E-state index in [2.05, 4.69) is 0 Å². The SMILES string of the molecule is CO[C@H]1C[C@@](C)(O)[C@@H](O)[C@H](C)O1. The molecule has 0 aromatic rings. The second-order valence-corrected chi connectivity index (χ2v) is 3.51. The van der Waals surface area contributed by atoms with Crippen LogP contribution in [0.3, 0.4) is 0 Å². The summed E-state index contributed by atoms with van der Waals surface area (Å²) in [5, 5.41) is 19.2. The van der Waals surface area contributed by atoms with E-state index in [1.807, 2.05) is 0 Å². The Kier molecular flexibility index (Phi) is 2.73. The molecule has 1 heterocycles. The van der Waals surface area contributed by atoms with Crippen LogP contribution in [-0.2, 0) is 9.47 Å². The topological polar surface area (TPSA) is 58.9 Å². The highest BCUT2D eigenvalue weighted by Gasteiger charge is 2.43. The molecule has 0 saturated carbocycles. The second-order valence-electron chi connectivity index (χ2n) is 3.51. The molecular weight excluding hydrogens is 160 g/mol. The van der Waals surface area contributed by atoms with Crippen molar-refractivity contribution in [2.75, 3.05) is 7.11 Å². The highest BCUT2D eigenvalue weighted by atomic mass is 16.7. The predicted molar refractivity (Wildman–Crippen MR) is 42.6 cm³/mol. The van der Waals surface area contributed by atoms with E-state index >= 15 is 0 Å². The highest BCUT2D eigenvalue weighted by molar-refractivity contribution is 4.90. The highest BCUT2D eigenvalue weighted by Crippen LogP contribution is 2.28. The summed E-state index contributed by atoms with van der Waals surface area (Å²) in [5.41, 5.74) is -1.11. The third-order valence-electron chi connectivity index (χ3n) is 2.29. The van der Waals surface area contributed by atoms with Crippen LogP contribution in [0.4, 0.5) is 0 Å². The summed E-state index contributed by atoms with van der Waals surface area (Å²) in [6.07, 6.45) is -1.35. The van der Waals surface area contributed by atoms with Gasteiger partial charge in [-0.05, 0) is 13.8 Å². The average Bonchev–Trinajstić information content (AvgIpc) is 1.99. The fourth-order valence-electron chi connectivity index (χ4n) is 1.46. The minimum absolute atomic E-state index is 0.301. The Balaban J connectivity index is 2.65. The van der Waals surface area contributed by atoms with Crippen molar-refractivity contribution >= 4 is 0 Å². The standard InChI is InChI=1S/C8H16O4/c1-5-7(9)8(2,10)4-6(11-3)12-5/h5-7,9-10H,4H2,1-3H3/t5-,6+,7-,8+/m0/s1. The zero-order chi connectivity index (χ0) is 9.35. The number of hydrogen-bond acceptors (Lipinski definition) is 4. The first-order valence-corrected chi connectivity index (χ1v) is 4.06. The van der Waals surface area contributed by atoms with Gasteiger partial charge in [0.1, 0.15) is 6.10 Å². The molecule has 0 amide bonds. The van der Waals surface area contributed by atoms with Crippen LogP contribution in [0, 0.1) is 0 Å². The number of ether oxygens (including phenoxy) is 2. The van der Waals surface area contributed by atoms with E-state index in [1.165, 1.54) is 7.11 Å². The molecule has 72 valence electrons. The van der Waals surface area contributed by atoms with Crippen LogP contribution >= 0.6 is 0 Å². The monoisotopic (exact) mass is 176 g/mol. The number of aliphatic hydroxyl groups is 2. The molecular formula is C8H16O4. The Morgan fingerprint density at radius 3 is 2.58 bits per heavy atom. The smallest absolute Gasteiger partial charge is 0.160 e. The van der Waals surface area contributed by atoms with Crippen molar-refractivity contribution in [3.05, 3.63) is 0 Å². The maximum Gasteiger partial charge on any atom is 0.160 e. The van der Waals surface area contributed by atoms with Crippen molar-refractivity contribution in [2.45, 2.75) is 44.4 Å². The van der Waals surface area contributed by atoms with Crippen molar-refractivity contribution < 1.29 is 19.7 Å². The van der Waals surface area contributed by atoms with Crippen molar-refractivity contribution in [2.24, 2.45) is 0 Å². The van der Waals surface area contributed by atoms with E-state index < -0.39 is 24.1 Å². The van der Waals surface area contributed by atoms with Gasteiger partial charge in [-0.1, -0.05) is 0 Å². The largest absolute Gasteiger partial charge is 0.387 e. The predicted octanol–water partition coefficient (Wildman–Crippen LogP) is -0.120. The molecule has 0 aromatic carbocycles. The van der Waals surface area contributed by atoms with Gasteiger partial charge in [0.05, 0.1) is 11.7 Å². The number of rotatable bonds is 1. The Morgan fingerprint density at radius 2 is 2.17 bits per heavy atom. The Labute approximate surface area is 72.1 Å². The lowest BCUT2D eigenvalue weighted by molar-refractivity contribution is -0.264. The number of methoxy groups -OCH3 is 1. The second kappa shape index (κ2) is 3.30. The number of aliphatic hydroxyl groups excluding tert-OH is 1. The van der Waals surface area contributed by atoms with Gasteiger partial charge in [-0.3, -0.25) is 0 Å². The molecule has 0 bridgehead atoms. The van der Waals surface area contributed by atoms with Gasteiger partial charge < -0.3 is 19.7 Å². The van der Waals surface area contributed by atoms with Crippen molar-refractivity contribution in [1.29, 1.82) is 0 Å². The Morgan fingerprint density at radius 1 is 1.58 bits per heavy atom. The molecule has 4 atom stereocenters. The summed E-state index contributed by atoms with van der Waals surface area (Å²) in [7, 11) is 1.52. The maximum absolute atomic E-state index is 9.70. The molecule has 1 aliphatic rings. The molecule has 1 rings (SSSR count). The normalized spacial score (nSPS) is 49.2.